The normalized spacial score (nSPS) is 26.6. The molecule has 4 nitrogen and oxygen atoms in total. The van der Waals surface area contributed by atoms with E-state index in [-0.39, 0.29) is 18.5 Å². The lowest BCUT2D eigenvalue weighted by molar-refractivity contribution is -0.123. The predicted molar refractivity (Wildman–Crippen MR) is 53.4 cm³/mol. The Kier molecular flexibility index (Phi) is 4.41. The number of carbonyl (C=O) groups excluding carboxylic acids is 1. The van der Waals surface area contributed by atoms with Gasteiger partial charge in [-0.25, -0.2) is 0 Å². The molecule has 0 aliphatic carbocycles. The van der Waals surface area contributed by atoms with Gasteiger partial charge in [0.2, 0.25) is 5.91 Å². The lowest BCUT2D eigenvalue weighted by Gasteiger charge is -2.28. The van der Waals surface area contributed by atoms with Crippen molar-refractivity contribution in [3.05, 3.63) is 0 Å². The molecule has 0 radical (unpaired) electrons. The van der Waals surface area contributed by atoms with Gasteiger partial charge in [0.25, 0.3) is 0 Å². The third-order valence-electron chi connectivity index (χ3n) is 2.75. The molecule has 0 aromatic rings. The van der Waals surface area contributed by atoms with Gasteiger partial charge >= 0.3 is 0 Å². The molecule has 1 rings (SSSR count). The Bertz CT molecular complexity index is 234. The molecule has 2 unspecified atom stereocenters. The van der Waals surface area contributed by atoms with Crippen molar-refractivity contribution >= 4 is 5.91 Å². The highest BCUT2D eigenvalue weighted by Crippen LogP contribution is 2.19. The Morgan fingerprint density at radius 1 is 1.71 bits per heavy atom. The summed E-state index contributed by atoms with van der Waals surface area (Å²) in [4.78, 5) is 11.5. The maximum atomic E-state index is 11.5. The number of piperidine rings is 1. The van der Waals surface area contributed by atoms with Crippen LogP contribution in [0.25, 0.3) is 0 Å². The highest BCUT2D eigenvalue weighted by atomic mass is 16.2. The smallest absolute Gasteiger partial charge is 0.237 e. The maximum Gasteiger partial charge on any atom is 0.237 e. The van der Waals surface area contributed by atoms with E-state index in [0.717, 1.165) is 25.8 Å². The van der Waals surface area contributed by atoms with E-state index in [1.807, 2.05) is 6.07 Å². The van der Waals surface area contributed by atoms with Crippen LogP contribution in [0.3, 0.4) is 0 Å². The molecule has 4 heteroatoms. The Morgan fingerprint density at radius 3 is 3.14 bits per heavy atom. The number of nitrogens with zero attached hydrogens (tertiary/aromatic N) is 1. The van der Waals surface area contributed by atoms with Crippen LogP contribution in [0.5, 0.6) is 0 Å². The third-order valence-corrected chi connectivity index (χ3v) is 2.75. The zero-order chi connectivity index (χ0) is 10.4. The van der Waals surface area contributed by atoms with Gasteiger partial charge in [0.05, 0.1) is 12.1 Å². The molecule has 1 aliphatic heterocycles. The fourth-order valence-electron chi connectivity index (χ4n) is 1.82. The number of hydrogen-bond donors (Lipinski definition) is 2. The molecule has 1 aliphatic rings. The first-order chi connectivity index (χ1) is 6.77. The van der Waals surface area contributed by atoms with E-state index in [4.69, 9.17) is 5.26 Å². The Hall–Kier alpha value is -1.08. The van der Waals surface area contributed by atoms with Gasteiger partial charge in [-0.1, -0.05) is 13.3 Å². The van der Waals surface area contributed by atoms with E-state index < -0.39 is 0 Å². The molecule has 0 bridgehead atoms. The van der Waals surface area contributed by atoms with Crippen LogP contribution in [0.15, 0.2) is 0 Å². The highest BCUT2D eigenvalue weighted by Gasteiger charge is 2.25. The van der Waals surface area contributed by atoms with Crippen molar-refractivity contribution in [1.82, 2.24) is 10.6 Å². The van der Waals surface area contributed by atoms with Crippen molar-refractivity contribution in [3.8, 4) is 6.07 Å². The minimum Gasteiger partial charge on any atom is -0.342 e. The van der Waals surface area contributed by atoms with Crippen LogP contribution in [0, 0.1) is 17.2 Å². The van der Waals surface area contributed by atoms with Gasteiger partial charge in [-0.05, 0) is 25.3 Å². The molecule has 0 aromatic carbocycles. The summed E-state index contributed by atoms with van der Waals surface area (Å²) in [5, 5.41) is 14.1. The molecule has 2 atom stereocenters. The standard InChI is InChI=1S/C10H17N3O/c1-2-8-3-5-12-9(7-8)10(14)13-6-4-11/h8-9,12H,2-3,5-7H2,1H3,(H,13,14). The summed E-state index contributed by atoms with van der Waals surface area (Å²) >= 11 is 0. The minimum atomic E-state index is -0.0953. The van der Waals surface area contributed by atoms with Gasteiger partial charge in [0.15, 0.2) is 0 Å². The molecule has 0 aromatic heterocycles. The van der Waals surface area contributed by atoms with Gasteiger partial charge in [0.1, 0.15) is 6.54 Å². The second-order valence-electron chi connectivity index (χ2n) is 3.68. The second-order valence-corrected chi connectivity index (χ2v) is 3.68. The van der Waals surface area contributed by atoms with E-state index >= 15 is 0 Å². The molecule has 14 heavy (non-hydrogen) atoms. The summed E-state index contributed by atoms with van der Waals surface area (Å²) < 4.78 is 0. The second kappa shape index (κ2) is 5.61. The summed E-state index contributed by atoms with van der Waals surface area (Å²) in [6, 6.07) is 1.81. The Morgan fingerprint density at radius 2 is 2.50 bits per heavy atom. The molecule has 2 N–H and O–H groups in total. The van der Waals surface area contributed by atoms with Crippen LogP contribution in [0.4, 0.5) is 0 Å². The number of rotatable bonds is 3. The zero-order valence-electron chi connectivity index (χ0n) is 8.55. The SMILES string of the molecule is CCC1CCNC(C(=O)NCC#N)C1. The molecular formula is C10H17N3O. The highest BCUT2D eigenvalue weighted by molar-refractivity contribution is 5.82. The number of nitrogens with one attached hydrogen (secondary N) is 2. The van der Waals surface area contributed by atoms with Crippen molar-refractivity contribution in [2.75, 3.05) is 13.1 Å². The van der Waals surface area contributed by atoms with Crippen molar-refractivity contribution in [3.63, 3.8) is 0 Å². The van der Waals surface area contributed by atoms with E-state index in [0.29, 0.717) is 5.92 Å². The fraction of sp³-hybridized carbons (Fsp3) is 0.800. The van der Waals surface area contributed by atoms with E-state index in [1.165, 1.54) is 0 Å². The topological polar surface area (TPSA) is 64.9 Å². The first kappa shape index (κ1) is 11.0. The Labute approximate surface area is 84.7 Å². The van der Waals surface area contributed by atoms with Gasteiger partial charge in [-0.3, -0.25) is 4.79 Å². The Balaban J connectivity index is 2.36. The number of hydrogen-bond acceptors (Lipinski definition) is 3. The number of amides is 1. The van der Waals surface area contributed by atoms with E-state index in [2.05, 4.69) is 17.6 Å². The molecular weight excluding hydrogens is 178 g/mol. The number of carbonyl (C=O) groups is 1. The average molecular weight is 195 g/mol. The molecule has 1 saturated heterocycles. The average Bonchev–Trinajstić information content (AvgIpc) is 2.26. The quantitative estimate of drug-likeness (QED) is 0.641. The van der Waals surface area contributed by atoms with Crippen LogP contribution in [-0.4, -0.2) is 25.0 Å². The summed E-state index contributed by atoms with van der Waals surface area (Å²) in [6.45, 7) is 3.16. The van der Waals surface area contributed by atoms with Crippen molar-refractivity contribution in [2.24, 2.45) is 5.92 Å². The molecule has 1 fully saturated rings. The van der Waals surface area contributed by atoms with Gasteiger partial charge in [-0.15, -0.1) is 0 Å². The van der Waals surface area contributed by atoms with Crippen LogP contribution in [-0.2, 0) is 4.79 Å². The predicted octanol–water partition coefficient (Wildman–Crippen LogP) is 0.404. The van der Waals surface area contributed by atoms with E-state index in [9.17, 15) is 4.79 Å². The largest absolute Gasteiger partial charge is 0.342 e. The van der Waals surface area contributed by atoms with E-state index in [1.54, 1.807) is 0 Å². The third kappa shape index (κ3) is 3.00. The van der Waals surface area contributed by atoms with Crippen LogP contribution in [0.2, 0.25) is 0 Å². The van der Waals surface area contributed by atoms with Crippen molar-refractivity contribution in [2.45, 2.75) is 32.2 Å². The lowest BCUT2D eigenvalue weighted by atomic mass is 9.90. The lowest BCUT2D eigenvalue weighted by Crippen LogP contribution is -2.48. The van der Waals surface area contributed by atoms with Gasteiger partial charge < -0.3 is 10.6 Å². The first-order valence-corrected chi connectivity index (χ1v) is 5.16. The van der Waals surface area contributed by atoms with Crippen molar-refractivity contribution in [1.29, 1.82) is 5.26 Å². The van der Waals surface area contributed by atoms with Crippen LogP contribution < -0.4 is 10.6 Å². The summed E-state index contributed by atoms with van der Waals surface area (Å²) in [6.07, 6.45) is 3.18. The molecule has 0 spiro atoms. The fourth-order valence-corrected chi connectivity index (χ4v) is 1.82. The van der Waals surface area contributed by atoms with Crippen LogP contribution >= 0.6 is 0 Å². The summed E-state index contributed by atoms with van der Waals surface area (Å²) in [7, 11) is 0. The summed E-state index contributed by atoms with van der Waals surface area (Å²) in [5.41, 5.74) is 0. The van der Waals surface area contributed by atoms with Gasteiger partial charge in [0, 0.05) is 0 Å². The monoisotopic (exact) mass is 195 g/mol. The van der Waals surface area contributed by atoms with Gasteiger partial charge in [-0.2, -0.15) is 5.26 Å². The molecule has 0 saturated carbocycles. The zero-order valence-corrected chi connectivity index (χ0v) is 8.55. The molecule has 1 amide bonds. The number of nitriles is 1. The van der Waals surface area contributed by atoms with Crippen LogP contribution in [0.1, 0.15) is 26.2 Å². The summed E-state index contributed by atoms with van der Waals surface area (Å²) in [5.74, 6) is 0.610. The maximum absolute atomic E-state index is 11.5. The van der Waals surface area contributed by atoms with Crippen molar-refractivity contribution < 1.29 is 4.79 Å². The molecule has 1 heterocycles. The molecule has 78 valence electrons. The minimum absolute atomic E-state index is 0.0373. The first-order valence-electron chi connectivity index (χ1n) is 5.16.